The summed E-state index contributed by atoms with van der Waals surface area (Å²) in [4.78, 5) is 25.9. The predicted molar refractivity (Wildman–Crippen MR) is 81.2 cm³/mol. The van der Waals surface area contributed by atoms with E-state index in [1.165, 1.54) is 0 Å². The lowest BCUT2D eigenvalue weighted by Crippen LogP contribution is -2.48. The lowest BCUT2D eigenvalue weighted by molar-refractivity contribution is -0.132. The third-order valence-electron chi connectivity index (χ3n) is 3.94. The van der Waals surface area contributed by atoms with Gasteiger partial charge >= 0.3 is 0 Å². The number of hydrogen-bond acceptors (Lipinski definition) is 4. The Kier molecular flexibility index (Phi) is 3.94. The second-order valence-corrected chi connectivity index (χ2v) is 5.43. The molecule has 2 heterocycles. The minimum atomic E-state index is -0.355. The number of carbonyl (C=O) groups is 2. The van der Waals surface area contributed by atoms with Crippen LogP contribution in [0.25, 0.3) is 0 Å². The summed E-state index contributed by atoms with van der Waals surface area (Å²) in [5, 5.41) is 9.14. The fourth-order valence-electron chi connectivity index (χ4n) is 2.74. The summed E-state index contributed by atoms with van der Waals surface area (Å²) in [5.74, 6) is -0.144. The molecule has 0 bridgehead atoms. The molecule has 1 saturated heterocycles. The van der Waals surface area contributed by atoms with Gasteiger partial charge in [0.05, 0.1) is 17.9 Å². The van der Waals surface area contributed by atoms with Gasteiger partial charge in [0.25, 0.3) is 0 Å². The number of amides is 2. The van der Waals surface area contributed by atoms with Gasteiger partial charge < -0.3 is 20.9 Å². The van der Waals surface area contributed by atoms with Crippen LogP contribution in [0.3, 0.4) is 0 Å². The van der Waals surface area contributed by atoms with E-state index in [0.29, 0.717) is 6.54 Å². The van der Waals surface area contributed by atoms with E-state index in [1.54, 1.807) is 0 Å². The molecule has 1 aromatic carbocycles. The average molecular weight is 288 g/mol. The highest BCUT2D eigenvalue weighted by molar-refractivity contribution is 5.91. The molecule has 2 aliphatic rings. The van der Waals surface area contributed by atoms with Gasteiger partial charge in [-0.05, 0) is 25.0 Å². The van der Waals surface area contributed by atoms with Gasteiger partial charge in [-0.1, -0.05) is 12.1 Å². The number of hydrogen-bond donors (Lipinski definition) is 3. The Morgan fingerprint density at radius 1 is 1.19 bits per heavy atom. The van der Waals surface area contributed by atoms with Crippen molar-refractivity contribution < 1.29 is 9.59 Å². The molecule has 1 atom stereocenters. The van der Waals surface area contributed by atoms with Crippen LogP contribution in [0.5, 0.6) is 0 Å². The van der Waals surface area contributed by atoms with Crippen molar-refractivity contribution >= 4 is 23.2 Å². The number of nitrogens with zero attached hydrogens (tertiary/aromatic N) is 1. The zero-order chi connectivity index (χ0) is 14.7. The van der Waals surface area contributed by atoms with E-state index < -0.39 is 0 Å². The maximum atomic E-state index is 12.1. The minimum absolute atomic E-state index is 0.00465. The number of benzene rings is 1. The van der Waals surface area contributed by atoms with Gasteiger partial charge in [0.2, 0.25) is 11.8 Å². The van der Waals surface area contributed by atoms with Crippen molar-refractivity contribution in [2.24, 2.45) is 0 Å². The standard InChI is InChI=1S/C15H20N4O2/c20-14(19-7-3-4-8-19)10-17-15(21)13-9-16-11-5-1-2-6-12(11)18-13/h1-2,5-6,13,16,18H,3-4,7-10H2,(H,17,21). The van der Waals surface area contributed by atoms with E-state index in [1.807, 2.05) is 29.2 Å². The molecule has 2 amide bonds. The van der Waals surface area contributed by atoms with Crippen molar-refractivity contribution in [2.75, 3.05) is 36.8 Å². The summed E-state index contributed by atoms with van der Waals surface area (Å²) < 4.78 is 0. The third-order valence-corrected chi connectivity index (χ3v) is 3.94. The highest BCUT2D eigenvalue weighted by Gasteiger charge is 2.24. The first kappa shape index (κ1) is 13.7. The molecule has 2 aliphatic heterocycles. The van der Waals surface area contributed by atoms with Crippen LogP contribution in [0.2, 0.25) is 0 Å². The van der Waals surface area contributed by atoms with E-state index >= 15 is 0 Å². The number of fused-ring (bicyclic) bond motifs is 1. The molecule has 0 aliphatic carbocycles. The van der Waals surface area contributed by atoms with Crippen LogP contribution >= 0.6 is 0 Å². The lowest BCUT2D eigenvalue weighted by Gasteiger charge is -2.27. The number of nitrogens with one attached hydrogen (secondary N) is 3. The molecule has 0 radical (unpaired) electrons. The number of rotatable bonds is 3. The van der Waals surface area contributed by atoms with E-state index in [9.17, 15) is 9.59 Å². The molecule has 1 fully saturated rings. The van der Waals surface area contributed by atoms with Crippen molar-refractivity contribution in [1.82, 2.24) is 10.2 Å². The molecular formula is C15H20N4O2. The first-order valence-electron chi connectivity index (χ1n) is 7.39. The third kappa shape index (κ3) is 3.09. The molecule has 21 heavy (non-hydrogen) atoms. The van der Waals surface area contributed by atoms with Gasteiger partial charge in [0.15, 0.2) is 0 Å². The van der Waals surface area contributed by atoms with Crippen LogP contribution in [-0.4, -0.2) is 48.9 Å². The Hall–Kier alpha value is -2.24. The Morgan fingerprint density at radius 2 is 1.90 bits per heavy atom. The summed E-state index contributed by atoms with van der Waals surface area (Å²) >= 11 is 0. The summed E-state index contributed by atoms with van der Waals surface area (Å²) in [6, 6.07) is 7.41. The fourth-order valence-corrected chi connectivity index (χ4v) is 2.74. The van der Waals surface area contributed by atoms with Crippen LogP contribution in [0.1, 0.15) is 12.8 Å². The van der Waals surface area contributed by atoms with Crippen LogP contribution in [0, 0.1) is 0 Å². The topological polar surface area (TPSA) is 73.5 Å². The fraction of sp³-hybridized carbons (Fsp3) is 0.467. The molecule has 6 heteroatoms. The monoisotopic (exact) mass is 288 g/mol. The Labute approximate surface area is 123 Å². The Morgan fingerprint density at radius 3 is 2.67 bits per heavy atom. The molecule has 3 rings (SSSR count). The number of para-hydroxylation sites is 2. The van der Waals surface area contributed by atoms with Gasteiger partial charge in [-0.3, -0.25) is 9.59 Å². The zero-order valence-electron chi connectivity index (χ0n) is 11.9. The molecular weight excluding hydrogens is 268 g/mol. The summed E-state index contributed by atoms with van der Waals surface area (Å²) in [6.45, 7) is 2.22. The predicted octanol–water partition coefficient (Wildman–Crippen LogP) is 0.631. The first-order chi connectivity index (χ1) is 10.2. The van der Waals surface area contributed by atoms with Crippen molar-refractivity contribution in [2.45, 2.75) is 18.9 Å². The van der Waals surface area contributed by atoms with Gasteiger partial charge in [-0.25, -0.2) is 0 Å². The number of likely N-dealkylation sites (tertiary alicyclic amines) is 1. The van der Waals surface area contributed by atoms with Crippen molar-refractivity contribution in [3.8, 4) is 0 Å². The van der Waals surface area contributed by atoms with Crippen molar-refractivity contribution in [1.29, 1.82) is 0 Å². The quantitative estimate of drug-likeness (QED) is 0.763. The second kappa shape index (κ2) is 6.03. The van der Waals surface area contributed by atoms with Crippen LogP contribution in [-0.2, 0) is 9.59 Å². The Balaban J connectivity index is 1.51. The molecule has 1 aromatic rings. The van der Waals surface area contributed by atoms with Crippen LogP contribution in [0.15, 0.2) is 24.3 Å². The van der Waals surface area contributed by atoms with Crippen LogP contribution in [0.4, 0.5) is 11.4 Å². The normalized spacial score (nSPS) is 20.2. The number of carbonyl (C=O) groups excluding carboxylic acids is 2. The lowest BCUT2D eigenvalue weighted by atomic mass is 10.1. The molecule has 112 valence electrons. The molecule has 3 N–H and O–H groups in total. The average Bonchev–Trinajstić information content (AvgIpc) is 3.06. The molecule has 0 saturated carbocycles. The highest BCUT2D eigenvalue weighted by Crippen LogP contribution is 2.25. The van der Waals surface area contributed by atoms with Gasteiger partial charge in [-0.2, -0.15) is 0 Å². The molecule has 0 spiro atoms. The Bertz CT molecular complexity index is 540. The summed E-state index contributed by atoms with van der Waals surface area (Å²) in [6.07, 6.45) is 2.12. The largest absolute Gasteiger partial charge is 0.381 e. The minimum Gasteiger partial charge on any atom is -0.381 e. The van der Waals surface area contributed by atoms with E-state index in [-0.39, 0.29) is 24.4 Å². The summed E-state index contributed by atoms with van der Waals surface area (Å²) in [7, 11) is 0. The highest BCUT2D eigenvalue weighted by atomic mass is 16.2. The second-order valence-electron chi connectivity index (χ2n) is 5.43. The molecule has 1 unspecified atom stereocenters. The zero-order valence-corrected chi connectivity index (χ0v) is 11.9. The van der Waals surface area contributed by atoms with Gasteiger partial charge in [0.1, 0.15) is 6.04 Å². The first-order valence-corrected chi connectivity index (χ1v) is 7.39. The SMILES string of the molecule is O=C(NCC(=O)N1CCCC1)C1CNc2ccccc2N1. The maximum absolute atomic E-state index is 12.1. The molecule has 0 aromatic heterocycles. The van der Waals surface area contributed by atoms with E-state index in [4.69, 9.17) is 0 Å². The number of anilines is 2. The van der Waals surface area contributed by atoms with Crippen LogP contribution < -0.4 is 16.0 Å². The summed E-state index contributed by atoms with van der Waals surface area (Å²) in [5.41, 5.74) is 1.91. The van der Waals surface area contributed by atoms with E-state index in [0.717, 1.165) is 37.3 Å². The van der Waals surface area contributed by atoms with E-state index in [2.05, 4.69) is 16.0 Å². The van der Waals surface area contributed by atoms with Crippen molar-refractivity contribution in [3.05, 3.63) is 24.3 Å². The van der Waals surface area contributed by atoms with Gasteiger partial charge in [-0.15, -0.1) is 0 Å². The van der Waals surface area contributed by atoms with Gasteiger partial charge in [0, 0.05) is 19.6 Å². The van der Waals surface area contributed by atoms with Crippen molar-refractivity contribution in [3.63, 3.8) is 0 Å². The maximum Gasteiger partial charge on any atom is 0.244 e. The smallest absolute Gasteiger partial charge is 0.244 e. The molecule has 6 nitrogen and oxygen atoms in total.